The molecular formula is C7H9NO2S. The summed E-state index contributed by atoms with van der Waals surface area (Å²) in [6, 6.07) is 0. The van der Waals surface area contributed by atoms with Gasteiger partial charge < -0.3 is 4.74 Å². The van der Waals surface area contributed by atoms with E-state index >= 15 is 0 Å². The minimum absolute atomic E-state index is 0.0839. The average Bonchev–Trinajstić information content (AvgIpc) is 2.30. The highest BCUT2D eigenvalue weighted by Gasteiger charge is 2.28. The molecule has 0 unspecified atom stereocenters. The molecule has 0 radical (unpaired) electrons. The molecule has 1 atom stereocenters. The Bertz CT molecular complexity index is 214. The zero-order valence-corrected chi connectivity index (χ0v) is 7.06. The number of hydrogen-bond donors (Lipinski definition) is 0. The van der Waals surface area contributed by atoms with Crippen LogP contribution in [0.5, 0.6) is 0 Å². The fraction of sp³-hybridized carbons (Fsp3) is 0.429. The normalized spacial score (nSPS) is 23.2. The molecule has 0 aromatic rings. The molecule has 4 heteroatoms. The van der Waals surface area contributed by atoms with Crippen molar-refractivity contribution in [2.24, 2.45) is 0 Å². The van der Waals surface area contributed by atoms with Crippen LogP contribution in [0.1, 0.15) is 6.92 Å². The van der Waals surface area contributed by atoms with Crippen LogP contribution >= 0.6 is 12.2 Å². The van der Waals surface area contributed by atoms with Crippen LogP contribution in [0.25, 0.3) is 0 Å². The molecule has 1 saturated heterocycles. The van der Waals surface area contributed by atoms with Crippen molar-refractivity contribution in [3.63, 3.8) is 0 Å². The maximum absolute atomic E-state index is 10.8. The Balaban J connectivity index is 2.65. The SMILES string of the molecule is C=C[C@@H]1CN(C(C)=O)C(=S)O1. The lowest BCUT2D eigenvalue weighted by molar-refractivity contribution is -0.124. The minimum atomic E-state index is -0.133. The van der Waals surface area contributed by atoms with Crippen LogP contribution in [-0.4, -0.2) is 28.6 Å². The maximum Gasteiger partial charge on any atom is 0.266 e. The summed E-state index contributed by atoms with van der Waals surface area (Å²) in [6.45, 7) is 5.51. The molecule has 0 saturated carbocycles. The van der Waals surface area contributed by atoms with Gasteiger partial charge in [-0.1, -0.05) is 6.58 Å². The summed E-state index contributed by atoms with van der Waals surface area (Å²) in [4.78, 5) is 12.3. The van der Waals surface area contributed by atoms with Crippen LogP contribution in [-0.2, 0) is 9.53 Å². The molecule has 0 aliphatic carbocycles. The lowest BCUT2D eigenvalue weighted by atomic mass is 10.3. The van der Waals surface area contributed by atoms with Crippen LogP contribution in [0.2, 0.25) is 0 Å². The standard InChI is InChI=1S/C7H9NO2S/c1-3-6-4-8(5(2)9)7(11)10-6/h3,6H,1,4H2,2H3/t6-/m1/s1. The third-order valence-electron chi connectivity index (χ3n) is 1.48. The number of carbonyl (C=O) groups is 1. The molecule has 3 nitrogen and oxygen atoms in total. The largest absolute Gasteiger partial charge is 0.461 e. The van der Waals surface area contributed by atoms with Crippen molar-refractivity contribution in [2.45, 2.75) is 13.0 Å². The summed E-state index contributed by atoms with van der Waals surface area (Å²) in [5.41, 5.74) is 0. The highest BCUT2D eigenvalue weighted by Crippen LogP contribution is 2.11. The van der Waals surface area contributed by atoms with E-state index in [1.807, 2.05) is 0 Å². The van der Waals surface area contributed by atoms with E-state index in [1.54, 1.807) is 6.08 Å². The Labute approximate surface area is 70.6 Å². The van der Waals surface area contributed by atoms with Gasteiger partial charge in [0.05, 0.1) is 6.54 Å². The molecule has 1 aliphatic heterocycles. The van der Waals surface area contributed by atoms with Crippen molar-refractivity contribution in [3.8, 4) is 0 Å². The summed E-state index contributed by atoms with van der Waals surface area (Å²) < 4.78 is 5.10. The predicted octanol–water partition coefficient (Wildman–Crippen LogP) is 0.705. The molecule has 60 valence electrons. The van der Waals surface area contributed by atoms with E-state index in [2.05, 4.69) is 6.58 Å². The van der Waals surface area contributed by atoms with Crippen molar-refractivity contribution < 1.29 is 9.53 Å². The van der Waals surface area contributed by atoms with Gasteiger partial charge in [0.1, 0.15) is 6.10 Å². The van der Waals surface area contributed by atoms with E-state index < -0.39 is 0 Å². The first-order valence-electron chi connectivity index (χ1n) is 3.26. The number of rotatable bonds is 1. The van der Waals surface area contributed by atoms with E-state index in [4.69, 9.17) is 17.0 Å². The van der Waals surface area contributed by atoms with Gasteiger partial charge in [0, 0.05) is 6.92 Å². The number of nitrogens with zero attached hydrogens (tertiary/aromatic N) is 1. The lowest BCUT2D eigenvalue weighted by Gasteiger charge is -2.07. The van der Waals surface area contributed by atoms with Gasteiger partial charge in [0.25, 0.3) is 5.17 Å². The molecule has 1 fully saturated rings. The third-order valence-corrected chi connectivity index (χ3v) is 1.79. The Morgan fingerprint density at radius 1 is 2.00 bits per heavy atom. The average molecular weight is 171 g/mol. The smallest absolute Gasteiger partial charge is 0.266 e. The van der Waals surface area contributed by atoms with E-state index in [9.17, 15) is 4.79 Å². The molecule has 1 heterocycles. The van der Waals surface area contributed by atoms with Gasteiger partial charge in [-0.2, -0.15) is 0 Å². The third kappa shape index (κ3) is 1.57. The van der Waals surface area contributed by atoms with Gasteiger partial charge in [-0.05, 0) is 18.3 Å². The Morgan fingerprint density at radius 2 is 2.64 bits per heavy atom. The van der Waals surface area contributed by atoms with Crippen molar-refractivity contribution in [1.29, 1.82) is 0 Å². The Morgan fingerprint density at radius 3 is 2.91 bits per heavy atom. The van der Waals surface area contributed by atoms with Crippen molar-refractivity contribution in [1.82, 2.24) is 4.90 Å². The Hall–Kier alpha value is -0.900. The van der Waals surface area contributed by atoms with E-state index in [1.165, 1.54) is 11.8 Å². The molecule has 0 spiro atoms. The first kappa shape index (κ1) is 8.20. The molecule has 0 aromatic heterocycles. The number of hydrogen-bond acceptors (Lipinski definition) is 3. The fourth-order valence-corrected chi connectivity index (χ4v) is 1.19. The summed E-state index contributed by atoms with van der Waals surface area (Å²) in [7, 11) is 0. The molecule has 0 bridgehead atoms. The van der Waals surface area contributed by atoms with Crippen LogP contribution in [0.3, 0.4) is 0 Å². The zero-order chi connectivity index (χ0) is 8.43. The van der Waals surface area contributed by atoms with Crippen LogP contribution in [0.15, 0.2) is 12.7 Å². The molecule has 1 aliphatic rings. The van der Waals surface area contributed by atoms with Gasteiger partial charge >= 0.3 is 0 Å². The quantitative estimate of drug-likeness (QED) is 0.430. The number of thiocarbonyl (C=S) groups is 1. The minimum Gasteiger partial charge on any atom is -0.461 e. The van der Waals surface area contributed by atoms with Gasteiger partial charge in [-0.3, -0.25) is 9.69 Å². The molecule has 11 heavy (non-hydrogen) atoms. The molecular weight excluding hydrogens is 162 g/mol. The van der Waals surface area contributed by atoms with Crippen LogP contribution < -0.4 is 0 Å². The van der Waals surface area contributed by atoms with Gasteiger partial charge in [-0.25, -0.2) is 0 Å². The monoisotopic (exact) mass is 171 g/mol. The lowest BCUT2D eigenvalue weighted by Crippen LogP contribution is -2.29. The van der Waals surface area contributed by atoms with Crippen molar-refractivity contribution >= 4 is 23.3 Å². The highest BCUT2D eigenvalue weighted by molar-refractivity contribution is 7.80. The molecule has 0 aromatic carbocycles. The van der Waals surface area contributed by atoms with Crippen molar-refractivity contribution in [3.05, 3.63) is 12.7 Å². The Kier molecular flexibility index (Phi) is 2.24. The summed E-state index contributed by atoms with van der Waals surface area (Å²) in [6.07, 6.45) is 1.50. The van der Waals surface area contributed by atoms with Crippen LogP contribution in [0, 0.1) is 0 Å². The van der Waals surface area contributed by atoms with Crippen LogP contribution in [0.4, 0.5) is 0 Å². The maximum atomic E-state index is 10.8. The predicted molar refractivity (Wildman–Crippen MR) is 45.1 cm³/mol. The summed E-state index contributed by atoms with van der Waals surface area (Å²) in [5.74, 6) is -0.0839. The second-order valence-corrected chi connectivity index (χ2v) is 2.64. The van der Waals surface area contributed by atoms with E-state index in [0.717, 1.165) is 0 Å². The first-order chi connectivity index (χ1) is 5.15. The van der Waals surface area contributed by atoms with Gasteiger partial charge in [0.15, 0.2) is 0 Å². The summed E-state index contributed by atoms with van der Waals surface area (Å²) >= 11 is 4.80. The second-order valence-electron chi connectivity index (χ2n) is 2.29. The highest BCUT2D eigenvalue weighted by atomic mass is 32.1. The van der Waals surface area contributed by atoms with Gasteiger partial charge in [0.2, 0.25) is 5.91 Å². The number of ether oxygens (including phenoxy) is 1. The van der Waals surface area contributed by atoms with Gasteiger partial charge in [-0.15, -0.1) is 0 Å². The zero-order valence-electron chi connectivity index (χ0n) is 6.24. The molecule has 1 amide bonds. The number of carbonyl (C=O) groups excluding carboxylic acids is 1. The first-order valence-corrected chi connectivity index (χ1v) is 3.67. The van der Waals surface area contributed by atoms with E-state index in [-0.39, 0.29) is 17.2 Å². The second kappa shape index (κ2) is 3.00. The summed E-state index contributed by atoms with van der Waals surface area (Å²) in [5, 5.41) is 0.252. The van der Waals surface area contributed by atoms with Crippen molar-refractivity contribution in [2.75, 3.05) is 6.54 Å². The topological polar surface area (TPSA) is 29.5 Å². The molecule has 0 N–H and O–H groups in total. The fourth-order valence-electron chi connectivity index (χ4n) is 0.865. The number of amides is 1. The van der Waals surface area contributed by atoms with E-state index in [0.29, 0.717) is 6.54 Å². The molecule has 1 rings (SSSR count).